The second-order valence-corrected chi connectivity index (χ2v) is 29.8. The fourth-order valence-corrected chi connectivity index (χ4v) is 13.7. The van der Waals surface area contributed by atoms with Crippen LogP contribution in [0.3, 0.4) is 0 Å². The number of nitro benzene ring substituents is 4. The number of carbonyl (C=O) groups is 12. The number of nitrogens with one attached hydrogen (secondary N) is 1. The summed E-state index contributed by atoms with van der Waals surface area (Å²) in [7, 11) is -7.06. The van der Waals surface area contributed by atoms with Gasteiger partial charge in [0.1, 0.15) is 0 Å². The average Bonchev–Trinajstić information content (AvgIpc) is 1.63. The van der Waals surface area contributed by atoms with Crippen LogP contribution in [0.4, 0.5) is 45.5 Å². The number of benzene rings is 4. The Hall–Kier alpha value is -11.1. The fourth-order valence-electron chi connectivity index (χ4n) is 10.2. The van der Waals surface area contributed by atoms with Crippen LogP contribution < -0.4 is 64.4 Å². The van der Waals surface area contributed by atoms with E-state index in [1.165, 1.54) is 76.2 Å². The van der Waals surface area contributed by atoms with Gasteiger partial charge in [-0.25, -0.2) is 14.4 Å². The van der Waals surface area contributed by atoms with E-state index >= 15 is 0 Å². The van der Waals surface area contributed by atoms with Crippen LogP contribution in [-0.4, -0.2) is 154 Å². The third-order valence-corrected chi connectivity index (χ3v) is 20.5. The molecular weight excluding hydrogens is 1680 g/mol. The van der Waals surface area contributed by atoms with Crippen LogP contribution in [0, 0.1) is 40.5 Å². The number of rotatable bonds is 37. The molecule has 0 bridgehead atoms. The van der Waals surface area contributed by atoms with Gasteiger partial charge in [-0.3, -0.25) is 98.0 Å². The Morgan fingerprint density at radius 3 is 1.21 bits per heavy atom. The van der Waals surface area contributed by atoms with E-state index < -0.39 is 128 Å². The number of nitrogens with zero attached hydrogens (tertiary/aromatic N) is 19. The maximum absolute atomic E-state index is 12.4. The van der Waals surface area contributed by atoms with E-state index in [1.807, 2.05) is 6.92 Å². The first-order valence-electron chi connectivity index (χ1n) is 33.9. The molecule has 0 radical (unpaired) electrons. The third kappa shape index (κ3) is 34.6. The van der Waals surface area contributed by atoms with Gasteiger partial charge in [0, 0.05) is 140 Å². The number of hydrogen-bond donors (Lipinski definition) is 3. The molecule has 0 aromatic heterocycles. The molecule has 3 N–H and O–H groups in total. The fraction of sp³-hybridized carbons (Fsp3) is 0.429. The number of nitro groups is 4. The van der Waals surface area contributed by atoms with Crippen LogP contribution in [0.2, 0.25) is 0 Å². The number of Topliss-reactive ketones (excluding diaryl/α,β-unsaturated/α-hetero) is 1. The smallest absolute Gasteiger partial charge is 1.00 e. The topological polar surface area (TPSA) is 731 Å². The quantitative estimate of drug-likeness (QED) is 0.00420. The minimum atomic E-state index is -4.81. The maximum Gasteiger partial charge on any atom is 1.00 e. The standard InChI is InChI=1S/C17H17N5O10S3.C17H19N5O9S.C17H19N5O6.C8H8N4O2.C4H5NO2.2Na.2H/c18-20-19-10-3-4-12(22(27)28)11(8-10)13(23)2-1-6-33-34-7-5-16(25)32-21-15(24)9-14(17(21)26)35(29,30)31;18-20-19-12-8-7-11(13(9-12)22(26)27)5-3-1-2-4-6-16(24)31-21-15(23)10-14(17(21)25)32(28,29)30;18-20-19-13-8-7-12(14(11-13)22(26)27)5-3-1-2-4-6-17(25)28-21-15(23)9-10-16(21)24;1-2-6-5-7(10-11-9)3-4-8(6)12(13)14;6-3-1-2-4(7)5-3;;;;/h3-4,8,14H,1-2,5-7,9H2,(H,29,30,31);7-9,14H,1-6,10H2,(H,28,29,30);7-8,11H,1-6,9-10H2;3-5H,2H2,1H3;1-2H2,(H,5,6,7);;;;/q;;;;;2*+1;2*-1. The van der Waals surface area contributed by atoms with Gasteiger partial charge < -0.3 is 17.4 Å². The zero-order valence-electron chi connectivity index (χ0n) is 64.6. The van der Waals surface area contributed by atoms with E-state index in [4.69, 9.17) is 36.1 Å². The number of amides is 8. The second-order valence-electron chi connectivity index (χ2n) is 23.9. The number of aryl methyl sites for hydroxylation is 3. The molecule has 8 amide bonds. The summed E-state index contributed by atoms with van der Waals surface area (Å²) in [4.78, 5) is 204. The molecule has 0 spiro atoms. The molecule has 4 aliphatic heterocycles. The molecule has 2 atom stereocenters. The van der Waals surface area contributed by atoms with Gasteiger partial charge in [0.05, 0.1) is 44.5 Å². The van der Waals surface area contributed by atoms with Crippen LogP contribution >= 0.6 is 21.6 Å². The molecule has 4 fully saturated rings. The normalized spacial score (nSPS) is 14.4. The zero-order chi connectivity index (χ0) is 86.4. The molecule has 8 rings (SSSR count). The summed E-state index contributed by atoms with van der Waals surface area (Å²) in [5.41, 5.74) is 35.1. The minimum Gasteiger partial charge on any atom is -1.00 e. The van der Waals surface area contributed by atoms with Crippen molar-refractivity contribution in [3.63, 3.8) is 0 Å². The molecule has 0 aliphatic carbocycles. The number of imide groups is 4. The Kier molecular flexibility index (Phi) is 45.2. The molecule has 49 nitrogen and oxygen atoms in total. The van der Waals surface area contributed by atoms with Crippen LogP contribution in [-0.2, 0) is 107 Å². The summed E-state index contributed by atoms with van der Waals surface area (Å²) in [5, 5.41) is 56.2. The van der Waals surface area contributed by atoms with E-state index in [0.29, 0.717) is 117 Å². The Labute approximate surface area is 721 Å². The van der Waals surface area contributed by atoms with E-state index in [2.05, 4.69) is 55.1 Å². The van der Waals surface area contributed by atoms with Gasteiger partial charge in [0.15, 0.2) is 16.3 Å². The van der Waals surface area contributed by atoms with Gasteiger partial charge in [0.25, 0.3) is 78.4 Å². The van der Waals surface area contributed by atoms with Gasteiger partial charge in [-0.05, 0) is 97.8 Å². The third-order valence-electron chi connectivity index (χ3n) is 15.8. The summed E-state index contributed by atoms with van der Waals surface area (Å²) in [6.45, 7) is 1.81. The van der Waals surface area contributed by atoms with E-state index in [-0.39, 0.29) is 168 Å². The largest absolute Gasteiger partial charge is 1.00 e. The van der Waals surface area contributed by atoms with Crippen molar-refractivity contribution in [2.45, 2.75) is 159 Å². The van der Waals surface area contributed by atoms with Crippen LogP contribution in [0.1, 0.15) is 159 Å². The molecule has 0 saturated carbocycles. The molecule has 4 aliphatic rings. The zero-order valence-corrected chi connectivity index (χ0v) is 69.9. The summed E-state index contributed by atoms with van der Waals surface area (Å²) < 4.78 is 62.1. The molecule has 4 aromatic rings. The predicted molar refractivity (Wildman–Crippen MR) is 401 cm³/mol. The number of carbonyl (C=O) groups excluding carboxylic acids is 12. The predicted octanol–water partition coefficient (Wildman–Crippen LogP) is 5.64. The van der Waals surface area contributed by atoms with Crippen molar-refractivity contribution in [3.8, 4) is 0 Å². The number of ketones is 1. The monoisotopic (exact) mass is 1740 g/mol. The van der Waals surface area contributed by atoms with Crippen molar-refractivity contribution in [2.75, 3.05) is 11.5 Å². The summed E-state index contributed by atoms with van der Waals surface area (Å²) in [5.74, 6) is -8.43. The molecule has 55 heteroatoms. The summed E-state index contributed by atoms with van der Waals surface area (Å²) >= 11 is 0. The van der Waals surface area contributed by atoms with Crippen molar-refractivity contribution < 1.29 is 180 Å². The number of hydrogen-bond acceptors (Lipinski definition) is 33. The van der Waals surface area contributed by atoms with E-state index in [1.54, 1.807) is 6.07 Å². The Bertz CT molecular complexity index is 4930. The Morgan fingerprint density at radius 2 is 0.839 bits per heavy atom. The SMILES string of the molecule is CCc1cc(N=[N+]=[N-])ccc1[N+](=O)[O-].O=C1CCC(=O)N1.[H-].[H-].[N-]=[N+]=Nc1ccc(CCCCCCC(=O)ON2C(=O)CC(S(=O)(=O)O)C2=O)c([N+](=O)[O-])c1.[N-]=[N+]=Nc1ccc(CCCCCCC(=O)ON2C(=O)CCC2=O)c([N+](=O)[O-])c1.[N-]=[N+]=Nc1ccc([N+](=O)[O-])c(C(=O)CCCSSCCC(=O)ON2C(=O)CC(S(=O)(=O)O)C2=O)c1.[Na+].[Na+]. The van der Waals surface area contributed by atoms with Crippen LogP contribution in [0.25, 0.3) is 41.8 Å². The Morgan fingerprint density at radius 1 is 0.475 bits per heavy atom. The van der Waals surface area contributed by atoms with Crippen LogP contribution in [0.5, 0.6) is 0 Å². The minimum absolute atomic E-state index is 0. The first kappa shape index (κ1) is 103. The Balaban J connectivity index is 0.00000156. The van der Waals surface area contributed by atoms with Crippen LogP contribution in [0.15, 0.2) is 93.3 Å². The first-order valence-corrected chi connectivity index (χ1v) is 39.4. The van der Waals surface area contributed by atoms with Crippen molar-refractivity contribution in [1.82, 2.24) is 20.5 Å². The van der Waals surface area contributed by atoms with Crippen molar-refractivity contribution in [1.29, 1.82) is 0 Å². The van der Waals surface area contributed by atoms with E-state index in [9.17, 15) is 115 Å². The molecule has 622 valence electrons. The van der Waals surface area contributed by atoms with Gasteiger partial charge >= 0.3 is 77.0 Å². The summed E-state index contributed by atoms with van der Waals surface area (Å²) in [6, 6.07) is 16.3. The second kappa shape index (κ2) is 51.8. The molecular formula is C63H70N20Na2O29S4. The maximum atomic E-state index is 12.4. The molecule has 4 heterocycles. The van der Waals surface area contributed by atoms with Gasteiger partial charge in [0.2, 0.25) is 11.8 Å². The van der Waals surface area contributed by atoms with Crippen molar-refractivity contribution in [3.05, 3.63) is 177 Å². The van der Waals surface area contributed by atoms with E-state index in [0.717, 1.165) is 18.6 Å². The number of azide groups is 4. The number of hydroxylamine groups is 6. The average molecular weight is 1750 g/mol. The van der Waals surface area contributed by atoms with Gasteiger partial charge in [-0.2, -0.15) is 16.8 Å². The summed E-state index contributed by atoms with van der Waals surface area (Å²) in [6.07, 6.45) is 5.44. The first-order chi connectivity index (χ1) is 54.9. The van der Waals surface area contributed by atoms with Gasteiger partial charge in [-0.15, -0.1) is 15.2 Å². The van der Waals surface area contributed by atoms with Crippen molar-refractivity contribution >= 4 is 158 Å². The molecule has 118 heavy (non-hydrogen) atoms. The molecule has 2 unspecified atom stereocenters. The van der Waals surface area contributed by atoms with Crippen molar-refractivity contribution in [2.24, 2.45) is 20.5 Å². The number of unbranched alkanes of at least 4 members (excludes halogenated alkanes) is 6. The van der Waals surface area contributed by atoms with Gasteiger partial charge in [-0.1, -0.05) is 98.9 Å². The molecule has 4 aromatic carbocycles. The molecule has 4 saturated heterocycles.